The third-order valence-corrected chi connectivity index (χ3v) is 3.65. The number of aliphatic hydroxyl groups is 1. The maximum Gasteiger partial charge on any atom is 0.318 e. The molecule has 7 heteroatoms. The van der Waals surface area contributed by atoms with E-state index < -0.39 is 0 Å². The molecule has 1 aromatic heterocycles. The van der Waals surface area contributed by atoms with Gasteiger partial charge in [-0.3, -0.25) is 0 Å². The second kappa shape index (κ2) is 6.89. The van der Waals surface area contributed by atoms with E-state index in [4.69, 9.17) is 9.63 Å². The molecule has 21 heavy (non-hydrogen) atoms. The van der Waals surface area contributed by atoms with Gasteiger partial charge in [-0.2, -0.15) is 4.98 Å². The standard InChI is InChI=1S/C14H24N4O3/c1-4-18(7-8-19)14(20)15-11(9(2)3)13-16-12(17-21-13)10-5-6-10/h9-11,19H,4-8H2,1-3H3,(H,15,20). The van der Waals surface area contributed by atoms with Gasteiger partial charge in [0, 0.05) is 19.0 Å². The van der Waals surface area contributed by atoms with Gasteiger partial charge in [-0.25, -0.2) is 4.79 Å². The van der Waals surface area contributed by atoms with Gasteiger partial charge in [-0.05, 0) is 25.7 Å². The van der Waals surface area contributed by atoms with E-state index in [1.54, 1.807) is 4.90 Å². The van der Waals surface area contributed by atoms with Crippen molar-refractivity contribution >= 4 is 6.03 Å². The lowest BCUT2D eigenvalue weighted by atomic mass is 10.0. The number of nitrogens with zero attached hydrogens (tertiary/aromatic N) is 3. The Morgan fingerprint density at radius 1 is 1.52 bits per heavy atom. The van der Waals surface area contributed by atoms with E-state index in [9.17, 15) is 4.79 Å². The Bertz CT molecular complexity index is 471. The highest BCUT2D eigenvalue weighted by atomic mass is 16.5. The van der Waals surface area contributed by atoms with Crippen LogP contribution in [0.2, 0.25) is 0 Å². The Morgan fingerprint density at radius 2 is 2.24 bits per heavy atom. The number of urea groups is 1. The van der Waals surface area contributed by atoms with Gasteiger partial charge in [0.05, 0.1) is 6.61 Å². The van der Waals surface area contributed by atoms with E-state index in [1.807, 2.05) is 20.8 Å². The summed E-state index contributed by atoms with van der Waals surface area (Å²) in [5.74, 6) is 1.76. The van der Waals surface area contributed by atoms with Gasteiger partial charge in [0.15, 0.2) is 5.82 Å². The van der Waals surface area contributed by atoms with E-state index >= 15 is 0 Å². The quantitative estimate of drug-likeness (QED) is 0.798. The summed E-state index contributed by atoms with van der Waals surface area (Å²) < 4.78 is 5.32. The van der Waals surface area contributed by atoms with Gasteiger partial charge < -0.3 is 19.8 Å². The monoisotopic (exact) mass is 296 g/mol. The van der Waals surface area contributed by atoms with Crippen LogP contribution in [0.3, 0.4) is 0 Å². The summed E-state index contributed by atoms with van der Waals surface area (Å²) in [6, 6.07) is -0.540. The molecule has 2 rings (SSSR count). The minimum atomic E-state index is -0.315. The van der Waals surface area contributed by atoms with E-state index in [0.29, 0.717) is 24.9 Å². The summed E-state index contributed by atoms with van der Waals surface area (Å²) in [7, 11) is 0. The molecular weight excluding hydrogens is 272 g/mol. The molecule has 2 amide bonds. The molecular formula is C14H24N4O3. The average Bonchev–Trinajstić information content (AvgIpc) is 3.20. The number of hydrogen-bond acceptors (Lipinski definition) is 5. The third kappa shape index (κ3) is 3.93. The number of likely N-dealkylation sites (N-methyl/N-ethyl adjacent to an activating group) is 1. The van der Waals surface area contributed by atoms with E-state index in [0.717, 1.165) is 18.7 Å². The molecule has 0 saturated heterocycles. The zero-order chi connectivity index (χ0) is 15.4. The molecule has 0 radical (unpaired) electrons. The molecule has 1 fully saturated rings. The van der Waals surface area contributed by atoms with Crippen LogP contribution in [0, 0.1) is 5.92 Å². The van der Waals surface area contributed by atoms with E-state index in [-0.39, 0.29) is 24.6 Å². The van der Waals surface area contributed by atoms with Crippen molar-refractivity contribution in [1.82, 2.24) is 20.4 Å². The van der Waals surface area contributed by atoms with Gasteiger partial charge in [0.2, 0.25) is 5.89 Å². The number of amides is 2. The van der Waals surface area contributed by atoms with Gasteiger partial charge in [-0.1, -0.05) is 19.0 Å². The Kier molecular flexibility index (Phi) is 5.17. The lowest BCUT2D eigenvalue weighted by Crippen LogP contribution is -2.44. The molecule has 0 spiro atoms. The minimum absolute atomic E-state index is 0.0556. The predicted octanol–water partition coefficient (Wildman–Crippen LogP) is 1.67. The van der Waals surface area contributed by atoms with Crippen molar-refractivity contribution in [3.05, 3.63) is 11.7 Å². The summed E-state index contributed by atoms with van der Waals surface area (Å²) in [6.07, 6.45) is 2.22. The zero-order valence-electron chi connectivity index (χ0n) is 12.9. The van der Waals surface area contributed by atoms with Crippen LogP contribution in [0.15, 0.2) is 4.52 Å². The average molecular weight is 296 g/mol. The topological polar surface area (TPSA) is 91.5 Å². The molecule has 1 unspecified atom stereocenters. The normalized spacial score (nSPS) is 16.0. The number of carbonyl (C=O) groups excluding carboxylic acids is 1. The maximum absolute atomic E-state index is 12.2. The molecule has 7 nitrogen and oxygen atoms in total. The highest BCUT2D eigenvalue weighted by molar-refractivity contribution is 5.74. The van der Waals surface area contributed by atoms with Gasteiger partial charge in [0.1, 0.15) is 6.04 Å². The molecule has 1 heterocycles. The van der Waals surface area contributed by atoms with Crippen LogP contribution in [0.4, 0.5) is 4.79 Å². The van der Waals surface area contributed by atoms with Crippen molar-refractivity contribution in [2.75, 3.05) is 19.7 Å². The number of nitrogens with one attached hydrogen (secondary N) is 1. The fourth-order valence-corrected chi connectivity index (χ4v) is 2.14. The smallest absolute Gasteiger partial charge is 0.318 e. The first-order valence-corrected chi connectivity index (χ1v) is 7.56. The van der Waals surface area contributed by atoms with Crippen molar-refractivity contribution in [3.8, 4) is 0 Å². The Labute approximate surface area is 124 Å². The highest BCUT2D eigenvalue weighted by Crippen LogP contribution is 2.38. The summed E-state index contributed by atoms with van der Waals surface area (Å²) in [5.41, 5.74) is 0. The summed E-state index contributed by atoms with van der Waals surface area (Å²) in [4.78, 5) is 18.2. The summed E-state index contributed by atoms with van der Waals surface area (Å²) in [5, 5.41) is 15.9. The van der Waals surface area contributed by atoms with Crippen LogP contribution in [-0.4, -0.2) is 45.9 Å². The molecule has 1 saturated carbocycles. The second-order valence-electron chi connectivity index (χ2n) is 5.74. The predicted molar refractivity (Wildman–Crippen MR) is 76.7 cm³/mol. The summed E-state index contributed by atoms with van der Waals surface area (Å²) in [6.45, 7) is 6.65. The number of aliphatic hydroxyl groups excluding tert-OH is 1. The van der Waals surface area contributed by atoms with Crippen LogP contribution in [-0.2, 0) is 0 Å². The number of carbonyl (C=O) groups is 1. The second-order valence-corrected chi connectivity index (χ2v) is 5.74. The van der Waals surface area contributed by atoms with Gasteiger partial charge in [0.25, 0.3) is 0 Å². The highest BCUT2D eigenvalue weighted by Gasteiger charge is 2.32. The van der Waals surface area contributed by atoms with Gasteiger partial charge in [-0.15, -0.1) is 0 Å². The van der Waals surface area contributed by atoms with Crippen LogP contribution in [0.1, 0.15) is 57.3 Å². The largest absolute Gasteiger partial charge is 0.395 e. The lowest BCUT2D eigenvalue weighted by Gasteiger charge is -2.25. The molecule has 1 aromatic rings. The van der Waals surface area contributed by atoms with Crippen LogP contribution in [0.25, 0.3) is 0 Å². The number of hydrogen-bond donors (Lipinski definition) is 2. The van der Waals surface area contributed by atoms with Crippen molar-refractivity contribution in [2.45, 2.75) is 45.6 Å². The molecule has 1 aliphatic carbocycles. The van der Waals surface area contributed by atoms with Crippen LogP contribution < -0.4 is 5.32 Å². The first-order valence-electron chi connectivity index (χ1n) is 7.56. The molecule has 118 valence electrons. The van der Waals surface area contributed by atoms with Crippen molar-refractivity contribution in [3.63, 3.8) is 0 Å². The lowest BCUT2D eigenvalue weighted by molar-refractivity contribution is 0.170. The molecule has 1 aliphatic rings. The number of rotatable bonds is 7. The van der Waals surface area contributed by atoms with Crippen molar-refractivity contribution in [2.24, 2.45) is 5.92 Å². The van der Waals surface area contributed by atoms with Crippen molar-refractivity contribution < 1.29 is 14.4 Å². The molecule has 2 N–H and O–H groups in total. The van der Waals surface area contributed by atoms with E-state index in [2.05, 4.69) is 15.5 Å². The SMILES string of the molecule is CCN(CCO)C(=O)NC(c1nc(C2CC2)no1)C(C)C. The molecule has 0 aliphatic heterocycles. The molecule has 1 atom stereocenters. The minimum Gasteiger partial charge on any atom is -0.395 e. The molecule has 0 bridgehead atoms. The molecule has 0 aromatic carbocycles. The fraction of sp³-hybridized carbons (Fsp3) is 0.786. The van der Waals surface area contributed by atoms with E-state index in [1.165, 1.54) is 0 Å². The Morgan fingerprint density at radius 3 is 2.76 bits per heavy atom. The fourth-order valence-electron chi connectivity index (χ4n) is 2.14. The Balaban J connectivity index is 2.05. The van der Waals surface area contributed by atoms with Crippen molar-refractivity contribution in [1.29, 1.82) is 0 Å². The first kappa shape index (κ1) is 15.8. The Hall–Kier alpha value is -1.63. The number of aromatic nitrogens is 2. The van der Waals surface area contributed by atoms with Gasteiger partial charge >= 0.3 is 6.03 Å². The zero-order valence-corrected chi connectivity index (χ0v) is 12.9. The van der Waals surface area contributed by atoms with Crippen LogP contribution >= 0.6 is 0 Å². The maximum atomic E-state index is 12.2. The first-order chi connectivity index (χ1) is 10.1. The third-order valence-electron chi connectivity index (χ3n) is 3.65. The summed E-state index contributed by atoms with van der Waals surface area (Å²) >= 11 is 0. The van der Waals surface area contributed by atoms with Crippen LogP contribution in [0.5, 0.6) is 0 Å².